The predicted octanol–water partition coefficient (Wildman–Crippen LogP) is 2.59. The number of amides is 3. The van der Waals surface area contributed by atoms with Crippen molar-refractivity contribution < 1.29 is 14.4 Å². The van der Waals surface area contributed by atoms with Crippen LogP contribution in [0.15, 0.2) is 0 Å². The first-order valence-corrected chi connectivity index (χ1v) is 8.91. The SMILES string of the molecule is CC(C)CN(C(=O)CN1C(=O)CC2(CCCCC2)C1=O)C(C)C. The van der Waals surface area contributed by atoms with Crippen molar-refractivity contribution in [2.45, 2.75) is 72.3 Å². The van der Waals surface area contributed by atoms with Crippen LogP contribution in [-0.2, 0) is 14.4 Å². The molecule has 0 N–H and O–H groups in total. The number of carbonyl (C=O) groups excluding carboxylic acids is 3. The molecule has 5 heteroatoms. The number of likely N-dealkylation sites (tertiary alicyclic amines) is 1. The van der Waals surface area contributed by atoms with Gasteiger partial charge in [0.15, 0.2) is 0 Å². The van der Waals surface area contributed by atoms with Gasteiger partial charge in [-0.3, -0.25) is 19.3 Å². The third kappa shape index (κ3) is 3.75. The molecule has 1 spiro atoms. The van der Waals surface area contributed by atoms with E-state index in [0.29, 0.717) is 18.9 Å². The molecule has 0 atom stereocenters. The molecule has 1 saturated heterocycles. The van der Waals surface area contributed by atoms with E-state index in [9.17, 15) is 14.4 Å². The summed E-state index contributed by atoms with van der Waals surface area (Å²) < 4.78 is 0. The summed E-state index contributed by atoms with van der Waals surface area (Å²) >= 11 is 0. The van der Waals surface area contributed by atoms with E-state index in [1.54, 1.807) is 4.90 Å². The normalized spacial score (nSPS) is 20.9. The Kier molecular flexibility index (Phi) is 5.48. The summed E-state index contributed by atoms with van der Waals surface area (Å²) in [7, 11) is 0. The molecule has 130 valence electrons. The summed E-state index contributed by atoms with van der Waals surface area (Å²) in [5.41, 5.74) is -0.504. The van der Waals surface area contributed by atoms with Gasteiger partial charge in [0.2, 0.25) is 17.7 Å². The number of imide groups is 1. The van der Waals surface area contributed by atoms with Crippen molar-refractivity contribution >= 4 is 17.7 Å². The van der Waals surface area contributed by atoms with E-state index in [0.717, 1.165) is 32.1 Å². The van der Waals surface area contributed by atoms with Crippen LogP contribution < -0.4 is 0 Å². The number of hydrogen-bond acceptors (Lipinski definition) is 3. The van der Waals surface area contributed by atoms with E-state index < -0.39 is 5.41 Å². The molecule has 1 aliphatic carbocycles. The van der Waals surface area contributed by atoms with Crippen molar-refractivity contribution in [3.63, 3.8) is 0 Å². The summed E-state index contributed by atoms with van der Waals surface area (Å²) in [6, 6.07) is 0.0707. The second kappa shape index (κ2) is 7.02. The zero-order chi connectivity index (χ0) is 17.2. The lowest BCUT2D eigenvalue weighted by Crippen LogP contribution is -2.47. The minimum absolute atomic E-state index is 0.0707. The van der Waals surface area contributed by atoms with Crippen LogP contribution in [0.4, 0.5) is 0 Å². The summed E-state index contributed by atoms with van der Waals surface area (Å²) in [4.78, 5) is 40.7. The maximum Gasteiger partial charge on any atom is 0.242 e. The average molecular weight is 322 g/mol. The van der Waals surface area contributed by atoms with Crippen molar-refractivity contribution in [2.75, 3.05) is 13.1 Å². The van der Waals surface area contributed by atoms with E-state index >= 15 is 0 Å². The van der Waals surface area contributed by atoms with Gasteiger partial charge in [-0.1, -0.05) is 33.1 Å². The smallest absolute Gasteiger partial charge is 0.242 e. The van der Waals surface area contributed by atoms with Crippen LogP contribution in [0.2, 0.25) is 0 Å². The van der Waals surface area contributed by atoms with Gasteiger partial charge in [-0.25, -0.2) is 0 Å². The molecular formula is C18H30N2O3. The van der Waals surface area contributed by atoms with Gasteiger partial charge in [0, 0.05) is 19.0 Å². The molecule has 0 aromatic carbocycles. The van der Waals surface area contributed by atoms with Gasteiger partial charge in [0.1, 0.15) is 6.54 Å². The highest BCUT2D eigenvalue weighted by Gasteiger charge is 2.52. The molecule has 2 fully saturated rings. The first kappa shape index (κ1) is 18.0. The van der Waals surface area contributed by atoms with E-state index in [1.165, 1.54) is 4.90 Å². The van der Waals surface area contributed by atoms with Crippen LogP contribution in [0.1, 0.15) is 66.2 Å². The molecule has 2 rings (SSSR count). The summed E-state index contributed by atoms with van der Waals surface area (Å²) in [5.74, 6) is -0.0402. The topological polar surface area (TPSA) is 57.7 Å². The average Bonchev–Trinajstić information content (AvgIpc) is 2.69. The molecular weight excluding hydrogens is 292 g/mol. The summed E-state index contributed by atoms with van der Waals surface area (Å²) in [6.45, 7) is 8.62. The van der Waals surface area contributed by atoms with Gasteiger partial charge in [-0.2, -0.15) is 0 Å². The van der Waals surface area contributed by atoms with Gasteiger partial charge >= 0.3 is 0 Å². The van der Waals surface area contributed by atoms with Crippen molar-refractivity contribution in [2.24, 2.45) is 11.3 Å². The molecule has 0 unspecified atom stereocenters. The number of hydrogen-bond donors (Lipinski definition) is 0. The predicted molar refractivity (Wildman–Crippen MR) is 88.5 cm³/mol. The first-order chi connectivity index (χ1) is 10.8. The minimum Gasteiger partial charge on any atom is -0.338 e. The second-order valence-electron chi connectivity index (χ2n) is 7.84. The zero-order valence-electron chi connectivity index (χ0n) is 14.9. The molecule has 0 aromatic heterocycles. The van der Waals surface area contributed by atoms with Crippen LogP contribution in [-0.4, -0.2) is 46.7 Å². The van der Waals surface area contributed by atoms with Gasteiger partial charge in [-0.05, 0) is 32.6 Å². The van der Waals surface area contributed by atoms with Gasteiger partial charge in [-0.15, -0.1) is 0 Å². The molecule has 2 aliphatic rings. The first-order valence-electron chi connectivity index (χ1n) is 8.91. The van der Waals surface area contributed by atoms with Gasteiger partial charge in [0.25, 0.3) is 0 Å². The standard InChI is InChI=1S/C18H30N2O3/c1-13(2)11-19(14(3)4)16(22)12-20-15(21)10-18(17(20)23)8-6-5-7-9-18/h13-14H,5-12H2,1-4H3. The van der Waals surface area contributed by atoms with Crippen molar-refractivity contribution in [1.82, 2.24) is 9.80 Å². The molecule has 1 heterocycles. The number of carbonyl (C=O) groups is 3. The summed E-state index contributed by atoms with van der Waals surface area (Å²) in [5, 5.41) is 0. The molecule has 3 amide bonds. The maximum atomic E-state index is 12.8. The fraction of sp³-hybridized carbons (Fsp3) is 0.833. The van der Waals surface area contributed by atoms with Gasteiger partial charge in [0.05, 0.1) is 5.41 Å². The van der Waals surface area contributed by atoms with Crippen molar-refractivity contribution in [3.05, 3.63) is 0 Å². The quantitative estimate of drug-likeness (QED) is 0.731. The molecule has 0 radical (unpaired) electrons. The minimum atomic E-state index is -0.504. The number of rotatable bonds is 5. The molecule has 23 heavy (non-hydrogen) atoms. The largest absolute Gasteiger partial charge is 0.338 e. The lowest BCUT2D eigenvalue weighted by atomic mass is 9.73. The third-order valence-corrected chi connectivity index (χ3v) is 5.10. The van der Waals surface area contributed by atoms with E-state index in [2.05, 4.69) is 13.8 Å². The van der Waals surface area contributed by atoms with Crippen molar-refractivity contribution in [3.8, 4) is 0 Å². The lowest BCUT2D eigenvalue weighted by molar-refractivity contribution is -0.148. The molecule has 1 aliphatic heterocycles. The molecule has 5 nitrogen and oxygen atoms in total. The van der Waals surface area contributed by atoms with Crippen LogP contribution >= 0.6 is 0 Å². The maximum absolute atomic E-state index is 12.8. The Morgan fingerprint density at radius 2 is 1.74 bits per heavy atom. The highest BCUT2D eigenvalue weighted by molar-refractivity contribution is 6.08. The van der Waals surface area contributed by atoms with E-state index in [-0.39, 0.29) is 30.3 Å². The fourth-order valence-corrected chi connectivity index (χ4v) is 3.86. The highest BCUT2D eigenvalue weighted by atomic mass is 16.2. The van der Waals surface area contributed by atoms with Crippen LogP contribution in [0.3, 0.4) is 0 Å². The Morgan fingerprint density at radius 1 is 1.13 bits per heavy atom. The zero-order valence-corrected chi connectivity index (χ0v) is 14.9. The Morgan fingerprint density at radius 3 is 2.26 bits per heavy atom. The van der Waals surface area contributed by atoms with Crippen LogP contribution in [0.25, 0.3) is 0 Å². The Bertz CT molecular complexity index is 479. The summed E-state index contributed by atoms with van der Waals surface area (Å²) in [6.07, 6.45) is 5.03. The van der Waals surface area contributed by atoms with Crippen LogP contribution in [0, 0.1) is 11.3 Å². The Hall–Kier alpha value is -1.39. The van der Waals surface area contributed by atoms with Crippen LogP contribution in [0.5, 0.6) is 0 Å². The highest BCUT2D eigenvalue weighted by Crippen LogP contribution is 2.45. The number of nitrogens with zero attached hydrogens (tertiary/aromatic N) is 2. The third-order valence-electron chi connectivity index (χ3n) is 5.10. The van der Waals surface area contributed by atoms with E-state index in [4.69, 9.17) is 0 Å². The second-order valence-corrected chi connectivity index (χ2v) is 7.84. The lowest BCUT2D eigenvalue weighted by Gasteiger charge is -2.32. The fourth-order valence-electron chi connectivity index (χ4n) is 3.86. The Balaban J connectivity index is 2.08. The molecule has 0 bridgehead atoms. The van der Waals surface area contributed by atoms with E-state index in [1.807, 2.05) is 13.8 Å². The molecule has 0 aromatic rings. The molecule has 1 saturated carbocycles. The van der Waals surface area contributed by atoms with Gasteiger partial charge < -0.3 is 4.90 Å². The van der Waals surface area contributed by atoms with Crippen molar-refractivity contribution in [1.29, 1.82) is 0 Å². The monoisotopic (exact) mass is 322 g/mol. The Labute approximate surface area is 139 Å².